The number of hydrogen-bond acceptors (Lipinski definition) is 5. The van der Waals surface area contributed by atoms with Gasteiger partial charge in [0.2, 0.25) is 5.91 Å². The van der Waals surface area contributed by atoms with E-state index in [2.05, 4.69) is 34.0 Å². The van der Waals surface area contributed by atoms with Crippen molar-refractivity contribution >= 4 is 23.3 Å². The molecule has 7 heteroatoms. The SMILES string of the molecule is CCc1ccc(C(C(=O)NC2CCCC2)N(C(=O)c2csnn2)C2CCCC2)cc1. The molecule has 160 valence electrons. The molecule has 6 nitrogen and oxygen atoms in total. The van der Waals surface area contributed by atoms with Crippen LogP contribution in [-0.4, -0.2) is 38.4 Å². The molecule has 1 heterocycles. The molecule has 30 heavy (non-hydrogen) atoms. The lowest BCUT2D eigenvalue weighted by atomic mass is 9.98. The second-order valence-electron chi connectivity index (χ2n) is 8.43. The van der Waals surface area contributed by atoms with Crippen molar-refractivity contribution in [1.82, 2.24) is 19.8 Å². The maximum Gasteiger partial charge on any atom is 0.276 e. The van der Waals surface area contributed by atoms with Gasteiger partial charge in [-0.1, -0.05) is 61.4 Å². The fourth-order valence-corrected chi connectivity index (χ4v) is 5.22. The third kappa shape index (κ3) is 4.56. The summed E-state index contributed by atoms with van der Waals surface area (Å²) >= 11 is 1.17. The van der Waals surface area contributed by atoms with E-state index >= 15 is 0 Å². The number of rotatable bonds is 7. The Hall–Kier alpha value is -2.28. The molecular formula is C23H30N4O2S. The Balaban J connectivity index is 1.71. The normalized spacial score (nSPS) is 18.4. The van der Waals surface area contributed by atoms with Crippen molar-refractivity contribution in [2.75, 3.05) is 0 Å². The van der Waals surface area contributed by atoms with Crippen molar-refractivity contribution in [2.24, 2.45) is 0 Å². The number of carbonyl (C=O) groups is 2. The molecular weight excluding hydrogens is 396 g/mol. The minimum absolute atomic E-state index is 0.0457. The molecule has 0 spiro atoms. The number of aromatic nitrogens is 2. The molecule has 2 aromatic rings. The van der Waals surface area contributed by atoms with E-state index in [0.717, 1.165) is 63.4 Å². The van der Waals surface area contributed by atoms with E-state index in [1.54, 1.807) is 10.3 Å². The number of carbonyl (C=O) groups excluding carboxylic acids is 2. The summed E-state index contributed by atoms with van der Waals surface area (Å²) in [4.78, 5) is 28.9. The van der Waals surface area contributed by atoms with E-state index in [1.165, 1.54) is 17.1 Å². The van der Waals surface area contributed by atoms with Crippen LogP contribution in [0.4, 0.5) is 0 Å². The Morgan fingerprint density at radius 1 is 1.10 bits per heavy atom. The third-order valence-corrected chi connectivity index (χ3v) is 6.97. The molecule has 0 radical (unpaired) electrons. The van der Waals surface area contributed by atoms with Gasteiger partial charge in [-0.25, -0.2) is 0 Å². The largest absolute Gasteiger partial charge is 0.351 e. The van der Waals surface area contributed by atoms with E-state index < -0.39 is 6.04 Å². The molecule has 1 aromatic heterocycles. The summed E-state index contributed by atoms with van der Waals surface area (Å²) in [5, 5.41) is 8.94. The Bertz CT molecular complexity index is 841. The fraction of sp³-hybridized carbons (Fsp3) is 0.565. The van der Waals surface area contributed by atoms with Gasteiger partial charge >= 0.3 is 0 Å². The minimum atomic E-state index is -0.645. The van der Waals surface area contributed by atoms with Crippen LogP contribution in [0.15, 0.2) is 29.6 Å². The molecule has 4 rings (SSSR count). The predicted molar refractivity (Wildman–Crippen MR) is 117 cm³/mol. The lowest BCUT2D eigenvalue weighted by Gasteiger charge is -2.36. The monoisotopic (exact) mass is 426 g/mol. The number of benzene rings is 1. The molecule has 1 unspecified atom stereocenters. The van der Waals surface area contributed by atoms with Crippen molar-refractivity contribution in [1.29, 1.82) is 0 Å². The molecule has 0 bridgehead atoms. The van der Waals surface area contributed by atoms with Crippen LogP contribution >= 0.6 is 11.5 Å². The van der Waals surface area contributed by atoms with Gasteiger partial charge in [0.25, 0.3) is 5.91 Å². The molecule has 2 aliphatic rings. The zero-order valence-electron chi connectivity index (χ0n) is 17.5. The quantitative estimate of drug-likeness (QED) is 0.717. The Morgan fingerprint density at radius 2 is 1.77 bits per heavy atom. The second kappa shape index (κ2) is 9.69. The highest BCUT2D eigenvalue weighted by Gasteiger charge is 2.39. The predicted octanol–water partition coefficient (Wildman–Crippen LogP) is 4.29. The van der Waals surface area contributed by atoms with E-state index in [0.29, 0.717) is 5.69 Å². The van der Waals surface area contributed by atoms with E-state index in [4.69, 9.17) is 0 Å². The first-order valence-electron chi connectivity index (χ1n) is 11.2. The van der Waals surface area contributed by atoms with Crippen LogP contribution in [0.2, 0.25) is 0 Å². The first-order valence-corrected chi connectivity index (χ1v) is 12.0. The van der Waals surface area contributed by atoms with E-state index in [9.17, 15) is 9.59 Å². The summed E-state index contributed by atoms with van der Waals surface area (Å²) in [5.41, 5.74) is 2.41. The summed E-state index contributed by atoms with van der Waals surface area (Å²) in [7, 11) is 0. The van der Waals surface area contributed by atoms with E-state index in [-0.39, 0.29) is 23.9 Å². The molecule has 0 saturated heterocycles. The van der Waals surface area contributed by atoms with Crippen LogP contribution in [-0.2, 0) is 11.2 Å². The topological polar surface area (TPSA) is 75.2 Å². The summed E-state index contributed by atoms with van der Waals surface area (Å²) in [5.74, 6) is -0.267. The first-order chi connectivity index (χ1) is 14.7. The Kier molecular flexibility index (Phi) is 6.77. The summed E-state index contributed by atoms with van der Waals surface area (Å²) < 4.78 is 3.88. The van der Waals surface area contributed by atoms with Gasteiger partial charge in [-0.2, -0.15) is 0 Å². The van der Waals surface area contributed by atoms with Crippen LogP contribution in [0.25, 0.3) is 0 Å². The molecule has 2 saturated carbocycles. The van der Waals surface area contributed by atoms with Crippen LogP contribution in [0.5, 0.6) is 0 Å². The summed E-state index contributed by atoms with van der Waals surface area (Å²) in [6.45, 7) is 2.11. The van der Waals surface area contributed by atoms with Gasteiger partial charge in [-0.3, -0.25) is 9.59 Å². The zero-order chi connectivity index (χ0) is 20.9. The van der Waals surface area contributed by atoms with Gasteiger partial charge in [0, 0.05) is 17.5 Å². The number of amides is 2. The van der Waals surface area contributed by atoms with Gasteiger partial charge in [0.15, 0.2) is 5.69 Å². The summed E-state index contributed by atoms with van der Waals surface area (Å²) in [6, 6.07) is 7.74. The Morgan fingerprint density at radius 3 is 2.37 bits per heavy atom. The molecule has 1 atom stereocenters. The number of aryl methyl sites for hydroxylation is 1. The molecule has 2 fully saturated rings. The van der Waals surface area contributed by atoms with Crippen LogP contribution in [0, 0.1) is 0 Å². The van der Waals surface area contributed by atoms with Crippen LogP contribution < -0.4 is 5.32 Å². The average Bonchev–Trinajstić information content (AvgIpc) is 3.55. The van der Waals surface area contributed by atoms with Crippen LogP contribution in [0.3, 0.4) is 0 Å². The number of hydrogen-bond donors (Lipinski definition) is 1. The van der Waals surface area contributed by atoms with Crippen molar-refractivity contribution in [3.8, 4) is 0 Å². The second-order valence-corrected chi connectivity index (χ2v) is 9.04. The zero-order valence-corrected chi connectivity index (χ0v) is 18.4. The molecule has 0 aliphatic heterocycles. The maximum atomic E-state index is 13.6. The lowest BCUT2D eigenvalue weighted by Crippen LogP contribution is -2.49. The number of nitrogens with one attached hydrogen (secondary N) is 1. The van der Waals surface area contributed by atoms with Crippen molar-refractivity contribution in [3.05, 3.63) is 46.5 Å². The van der Waals surface area contributed by atoms with Gasteiger partial charge in [0.1, 0.15) is 6.04 Å². The molecule has 1 aromatic carbocycles. The standard InChI is InChI=1S/C23H30N4O2S/c1-2-16-11-13-17(14-12-16)21(22(28)24-18-7-3-4-8-18)27(19-9-5-6-10-19)23(29)20-15-30-26-25-20/h11-15,18-19,21H,2-10H2,1H3,(H,24,28). The van der Waals surface area contributed by atoms with Gasteiger partial charge in [-0.05, 0) is 54.8 Å². The van der Waals surface area contributed by atoms with Gasteiger partial charge < -0.3 is 10.2 Å². The average molecular weight is 427 g/mol. The van der Waals surface area contributed by atoms with E-state index in [1.807, 2.05) is 12.1 Å². The highest BCUT2D eigenvalue weighted by Crippen LogP contribution is 2.33. The van der Waals surface area contributed by atoms with Gasteiger partial charge in [0.05, 0.1) is 0 Å². The van der Waals surface area contributed by atoms with Crippen molar-refractivity contribution < 1.29 is 9.59 Å². The fourth-order valence-electron chi connectivity index (χ4n) is 4.79. The van der Waals surface area contributed by atoms with Crippen LogP contribution in [0.1, 0.15) is 85.9 Å². The lowest BCUT2D eigenvalue weighted by molar-refractivity contribution is -0.127. The minimum Gasteiger partial charge on any atom is -0.351 e. The highest BCUT2D eigenvalue weighted by molar-refractivity contribution is 7.03. The number of nitrogens with zero attached hydrogens (tertiary/aromatic N) is 3. The molecule has 1 N–H and O–H groups in total. The maximum absolute atomic E-state index is 13.6. The first kappa shape index (κ1) is 21.0. The highest BCUT2D eigenvalue weighted by atomic mass is 32.1. The van der Waals surface area contributed by atoms with Crippen molar-refractivity contribution in [2.45, 2.75) is 82.8 Å². The smallest absolute Gasteiger partial charge is 0.276 e. The molecule has 2 aliphatic carbocycles. The molecule has 2 amide bonds. The summed E-state index contributed by atoms with van der Waals surface area (Å²) in [6.07, 6.45) is 9.27. The van der Waals surface area contributed by atoms with Crippen molar-refractivity contribution in [3.63, 3.8) is 0 Å². The third-order valence-electron chi connectivity index (χ3n) is 6.46. The van der Waals surface area contributed by atoms with Gasteiger partial charge in [-0.15, -0.1) is 5.10 Å². The Labute approximate surface area is 182 Å².